The second-order valence-corrected chi connectivity index (χ2v) is 5.46. The topological polar surface area (TPSA) is 141 Å². The zero-order valence-electron chi connectivity index (χ0n) is 13.0. The van der Waals surface area contributed by atoms with Crippen LogP contribution in [0.5, 0.6) is 5.75 Å². The highest BCUT2D eigenvalue weighted by Gasteiger charge is 2.46. The maximum Gasteiger partial charge on any atom is 0.358 e. The average Bonchev–Trinajstić information content (AvgIpc) is 2.59. The fraction of sp³-hybridized carbons (Fsp3) is 0.500. The van der Waals surface area contributed by atoms with Crippen molar-refractivity contribution in [2.45, 2.75) is 30.7 Å². The molecule has 1 aliphatic heterocycles. The maximum absolute atomic E-state index is 10.6. The van der Waals surface area contributed by atoms with Gasteiger partial charge in [0, 0.05) is 31.5 Å². The van der Waals surface area contributed by atoms with Gasteiger partial charge in [-0.1, -0.05) is 0 Å². The lowest BCUT2D eigenvalue weighted by molar-refractivity contribution is -0.384. The van der Waals surface area contributed by atoms with Gasteiger partial charge in [-0.05, 0) is 12.1 Å². The summed E-state index contributed by atoms with van der Waals surface area (Å²) in [5.41, 5.74) is -0.122. The number of benzene rings is 1. The third kappa shape index (κ3) is 4.60. The number of aliphatic hydroxyl groups excluding tert-OH is 3. The zero-order chi connectivity index (χ0) is 18.6. The van der Waals surface area contributed by atoms with Crippen LogP contribution in [0.2, 0.25) is 0 Å². The van der Waals surface area contributed by atoms with Gasteiger partial charge in [0.1, 0.15) is 24.1 Å². The summed E-state index contributed by atoms with van der Waals surface area (Å²) in [5, 5.41) is 39.6. The van der Waals surface area contributed by atoms with E-state index in [2.05, 4.69) is 0 Å². The van der Waals surface area contributed by atoms with Crippen LogP contribution in [0.1, 0.15) is 0 Å². The largest absolute Gasteiger partial charge is 0.447 e. The van der Waals surface area contributed by atoms with Crippen molar-refractivity contribution in [1.29, 1.82) is 0 Å². The van der Waals surface area contributed by atoms with Crippen molar-refractivity contribution >= 4 is 23.1 Å². The summed E-state index contributed by atoms with van der Waals surface area (Å²) in [6.07, 6.45) is -6.21. The quantitative estimate of drug-likeness (QED) is 0.358. The Labute approximate surface area is 147 Å². The van der Waals surface area contributed by atoms with Gasteiger partial charge in [-0.3, -0.25) is 10.1 Å². The molecule has 1 heterocycles. The van der Waals surface area contributed by atoms with Crippen molar-refractivity contribution in [3.8, 4) is 5.75 Å². The third-order valence-corrected chi connectivity index (χ3v) is 3.71. The summed E-state index contributed by atoms with van der Waals surface area (Å²) in [6, 6.07) is 5.08. The minimum Gasteiger partial charge on any atom is -0.447 e. The number of nitrogens with zero attached hydrogens (tertiary/aromatic N) is 1. The molecule has 0 aromatic heterocycles. The Kier molecular flexibility index (Phi) is 6.58. The van der Waals surface area contributed by atoms with Crippen LogP contribution in [0, 0.1) is 10.1 Å². The molecule has 138 valence electrons. The monoisotopic (exact) mass is 375 g/mol. The van der Waals surface area contributed by atoms with E-state index >= 15 is 0 Å². The number of nitro benzene ring substituents is 1. The number of thiocarbonyl (C=S) groups is 1. The Morgan fingerprint density at radius 3 is 2.48 bits per heavy atom. The first kappa shape index (κ1) is 19.4. The third-order valence-electron chi connectivity index (χ3n) is 3.54. The van der Waals surface area contributed by atoms with E-state index < -0.39 is 47.5 Å². The smallest absolute Gasteiger partial charge is 0.358 e. The van der Waals surface area contributed by atoms with Gasteiger partial charge in [-0.2, -0.15) is 0 Å². The van der Waals surface area contributed by atoms with E-state index in [-0.39, 0.29) is 11.4 Å². The molecule has 10 nitrogen and oxygen atoms in total. The number of nitro groups is 1. The van der Waals surface area contributed by atoms with Crippen molar-refractivity contribution in [2.75, 3.05) is 13.7 Å². The van der Waals surface area contributed by atoms with Crippen molar-refractivity contribution in [3.63, 3.8) is 0 Å². The molecule has 1 aromatic rings. The van der Waals surface area contributed by atoms with Crippen LogP contribution in [-0.4, -0.2) is 69.9 Å². The van der Waals surface area contributed by atoms with Crippen LogP contribution in [0.4, 0.5) is 5.69 Å². The Balaban J connectivity index is 2.03. The van der Waals surface area contributed by atoms with Crippen LogP contribution in [0.15, 0.2) is 24.3 Å². The van der Waals surface area contributed by atoms with Crippen LogP contribution in [0.25, 0.3) is 0 Å². The molecule has 0 unspecified atom stereocenters. The highest BCUT2D eigenvalue weighted by molar-refractivity contribution is 7.79. The molecular weight excluding hydrogens is 358 g/mol. The SMILES string of the molecule is CO[C@@H]1O[C@H](CO)[C@H](O)[C@H](OC(=S)Oc2ccc([N+](=O)[O-])cc2)[C@H]1O. The van der Waals surface area contributed by atoms with E-state index in [1.807, 2.05) is 0 Å². The number of non-ortho nitro benzene ring substituents is 1. The number of rotatable bonds is 5. The van der Waals surface area contributed by atoms with Gasteiger partial charge >= 0.3 is 5.24 Å². The predicted octanol–water partition coefficient (Wildman–Crippen LogP) is -0.271. The second-order valence-electron chi connectivity index (χ2n) is 5.13. The van der Waals surface area contributed by atoms with Crippen LogP contribution >= 0.6 is 12.2 Å². The highest BCUT2D eigenvalue weighted by Crippen LogP contribution is 2.25. The highest BCUT2D eigenvalue weighted by atomic mass is 32.1. The summed E-state index contributed by atoms with van der Waals surface area (Å²) in [5.74, 6) is 0.175. The molecule has 11 heteroatoms. The van der Waals surface area contributed by atoms with Crippen LogP contribution in [-0.2, 0) is 14.2 Å². The van der Waals surface area contributed by atoms with Gasteiger partial charge in [0.25, 0.3) is 5.69 Å². The van der Waals surface area contributed by atoms with E-state index in [0.717, 1.165) is 0 Å². The fourth-order valence-corrected chi connectivity index (χ4v) is 2.46. The van der Waals surface area contributed by atoms with E-state index in [1.54, 1.807) is 0 Å². The van der Waals surface area contributed by atoms with E-state index in [0.29, 0.717) is 0 Å². The van der Waals surface area contributed by atoms with Gasteiger partial charge in [0.2, 0.25) is 0 Å². The molecule has 0 saturated carbocycles. The first-order valence-electron chi connectivity index (χ1n) is 7.15. The Bertz CT molecular complexity index is 595. The molecule has 0 radical (unpaired) electrons. The standard InChI is InChI=1S/C14H17NO9S/c1-21-13-11(18)12(10(17)9(6-16)23-13)24-14(25)22-8-4-2-7(3-5-8)15(19)20/h2-5,9-13,16-18H,6H2,1H3/t9-,10+,11-,12+,13-/m1/s1. The lowest BCUT2D eigenvalue weighted by atomic mass is 9.99. The summed E-state index contributed by atoms with van der Waals surface area (Å²) >= 11 is 4.91. The van der Waals surface area contributed by atoms with Crippen molar-refractivity contribution < 1.29 is 39.2 Å². The molecule has 1 aromatic carbocycles. The average molecular weight is 375 g/mol. The fourth-order valence-electron chi connectivity index (χ4n) is 2.25. The number of hydrogen-bond donors (Lipinski definition) is 3. The van der Waals surface area contributed by atoms with Crippen molar-refractivity contribution in [3.05, 3.63) is 34.4 Å². The van der Waals surface area contributed by atoms with E-state index in [1.165, 1.54) is 31.4 Å². The Morgan fingerprint density at radius 1 is 1.32 bits per heavy atom. The molecule has 1 saturated heterocycles. The molecular formula is C14H17NO9S. The normalized spacial score (nSPS) is 29.0. The minimum absolute atomic E-state index is 0.122. The number of methoxy groups -OCH3 is 1. The maximum atomic E-state index is 10.6. The summed E-state index contributed by atoms with van der Waals surface area (Å²) in [4.78, 5) is 10.0. The predicted molar refractivity (Wildman–Crippen MR) is 86.0 cm³/mol. The number of ether oxygens (including phenoxy) is 4. The number of aliphatic hydroxyl groups is 3. The molecule has 1 fully saturated rings. The van der Waals surface area contributed by atoms with Gasteiger partial charge in [0.15, 0.2) is 12.4 Å². The molecule has 0 aliphatic carbocycles. The summed E-state index contributed by atoms with van der Waals surface area (Å²) < 4.78 is 20.6. The molecule has 0 bridgehead atoms. The van der Waals surface area contributed by atoms with Crippen molar-refractivity contribution in [1.82, 2.24) is 0 Å². The lowest BCUT2D eigenvalue weighted by Crippen LogP contribution is -2.60. The van der Waals surface area contributed by atoms with E-state index in [4.69, 9.17) is 31.2 Å². The lowest BCUT2D eigenvalue weighted by Gasteiger charge is -2.40. The molecule has 5 atom stereocenters. The Hall–Kier alpha value is -1.89. The van der Waals surface area contributed by atoms with Crippen molar-refractivity contribution in [2.24, 2.45) is 0 Å². The molecule has 25 heavy (non-hydrogen) atoms. The molecule has 0 spiro atoms. The summed E-state index contributed by atoms with van der Waals surface area (Å²) in [7, 11) is 1.28. The van der Waals surface area contributed by atoms with Gasteiger partial charge < -0.3 is 34.3 Å². The van der Waals surface area contributed by atoms with E-state index in [9.17, 15) is 25.4 Å². The van der Waals surface area contributed by atoms with Crippen LogP contribution in [0.3, 0.4) is 0 Å². The Morgan fingerprint density at radius 2 is 1.96 bits per heavy atom. The first-order chi connectivity index (χ1) is 11.9. The second kappa shape index (κ2) is 8.47. The summed E-state index contributed by atoms with van der Waals surface area (Å²) in [6.45, 7) is -0.524. The number of hydrogen-bond acceptors (Lipinski definition) is 10. The van der Waals surface area contributed by atoms with Gasteiger partial charge in [-0.25, -0.2) is 0 Å². The molecule has 0 amide bonds. The molecule has 2 rings (SSSR count). The first-order valence-corrected chi connectivity index (χ1v) is 7.56. The zero-order valence-corrected chi connectivity index (χ0v) is 13.9. The van der Waals surface area contributed by atoms with Gasteiger partial charge in [0.05, 0.1) is 11.5 Å². The van der Waals surface area contributed by atoms with Gasteiger partial charge in [-0.15, -0.1) is 0 Å². The molecule has 1 aliphatic rings. The molecule has 3 N–H and O–H groups in total. The minimum atomic E-state index is -1.39. The van der Waals surface area contributed by atoms with Crippen LogP contribution < -0.4 is 4.74 Å².